The summed E-state index contributed by atoms with van der Waals surface area (Å²) in [7, 11) is 0. The van der Waals surface area contributed by atoms with Crippen molar-refractivity contribution in [3.8, 4) is 0 Å². The lowest BCUT2D eigenvalue weighted by atomic mass is 9.83. The van der Waals surface area contributed by atoms with E-state index in [-0.39, 0.29) is 30.3 Å². The summed E-state index contributed by atoms with van der Waals surface area (Å²) in [6, 6.07) is 6.07. The summed E-state index contributed by atoms with van der Waals surface area (Å²) in [5.41, 5.74) is 8.72. The largest absolute Gasteiger partial charge is 0.338 e. The molecule has 4 unspecified atom stereocenters. The Hall–Kier alpha value is -0.770. The fourth-order valence-corrected chi connectivity index (χ4v) is 4.95. The van der Waals surface area contributed by atoms with E-state index in [4.69, 9.17) is 17.3 Å². The lowest BCUT2D eigenvalue weighted by Crippen LogP contribution is -2.48. The van der Waals surface area contributed by atoms with E-state index >= 15 is 0 Å². The van der Waals surface area contributed by atoms with Crippen molar-refractivity contribution in [1.29, 1.82) is 0 Å². The number of hydrogen-bond acceptors (Lipinski definition) is 2. The first-order valence-electron chi connectivity index (χ1n) is 7.96. The van der Waals surface area contributed by atoms with E-state index in [1.54, 1.807) is 0 Å². The van der Waals surface area contributed by atoms with Crippen LogP contribution in [0.15, 0.2) is 18.2 Å². The zero-order valence-electron chi connectivity index (χ0n) is 12.5. The molecule has 1 amide bonds. The summed E-state index contributed by atoms with van der Waals surface area (Å²) >= 11 is 6.25. The number of carbonyl (C=O) groups is 1. The minimum atomic E-state index is 0. The SMILES string of the molecule is Cl.NC1C2CCC(C2)C1C(=O)N1CCc2c(Cl)cccc2C1. The molecule has 3 aliphatic rings. The maximum atomic E-state index is 12.9. The lowest BCUT2D eigenvalue weighted by molar-refractivity contribution is -0.138. The molecule has 2 saturated carbocycles. The maximum Gasteiger partial charge on any atom is 0.227 e. The second-order valence-electron chi connectivity index (χ2n) is 6.82. The predicted molar refractivity (Wildman–Crippen MR) is 90.1 cm³/mol. The molecule has 0 radical (unpaired) electrons. The summed E-state index contributed by atoms with van der Waals surface area (Å²) in [5.74, 6) is 1.44. The fourth-order valence-electron chi connectivity index (χ4n) is 4.66. The van der Waals surface area contributed by atoms with E-state index in [1.807, 2.05) is 17.0 Å². The van der Waals surface area contributed by atoms with Gasteiger partial charge in [-0.15, -0.1) is 12.4 Å². The van der Waals surface area contributed by atoms with Crippen LogP contribution in [-0.4, -0.2) is 23.4 Å². The normalized spacial score (nSPS) is 32.5. The van der Waals surface area contributed by atoms with E-state index in [2.05, 4.69) is 6.07 Å². The Morgan fingerprint density at radius 3 is 2.77 bits per heavy atom. The Labute approximate surface area is 142 Å². The van der Waals surface area contributed by atoms with Gasteiger partial charge in [-0.05, 0) is 54.7 Å². The molecule has 0 aromatic heterocycles. The number of fused-ring (bicyclic) bond motifs is 3. The lowest BCUT2D eigenvalue weighted by Gasteiger charge is -2.35. The van der Waals surface area contributed by atoms with Gasteiger partial charge in [0.05, 0.1) is 5.92 Å². The van der Waals surface area contributed by atoms with Gasteiger partial charge in [-0.3, -0.25) is 4.79 Å². The van der Waals surface area contributed by atoms with Gasteiger partial charge in [0.25, 0.3) is 0 Å². The van der Waals surface area contributed by atoms with Crippen LogP contribution in [0.4, 0.5) is 0 Å². The van der Waals surface area contributed by atoms with Crippen molar-refractivity contribution in [2.45, 2.75) is 38.3 Å². The van der Waals surface area contributed by atoms with E-state index in [0.29, 0.717) is 18.4 Å². The molecule has 2 fully saturated rings. The quantitative estimate of drug-likeness (QED) is 0.854. The summed E-state index contributed by atoms with van der Waals surface area (Å²) in [5, 5.41) is 0.830. The number of nitrogens with two attached hydrogens (primary N) is 1. The minimum absolute atomic E-state index is 0. The third kappa shape index (κ3) is 2.44. The fraction of sp³-hybridized carbons (Fsp3) is 0.588. The molecule has 5 heteroatoms. The third-order valence-electron chi connectivity index (χ3n) is 5.79. The molecular weight excluding hydrogens is 319 g/mol. The number of rotatable bonds is 1. The molecule has 4 rings (SSSR count). The molecule has 3 nitrogen and oxygen atoms in total. The van der Waals surface area contributed by atoms with Crippen molar-refractivity contribution in [2.24, 2.45) is 23.5 Å². The summed E-state index contributed by atoms with van der Waals surface area (Å²) < 4.78 is 0. The average Bonchev–Trinajstić information content (AvgIpc) is 3.07. The average molecular weight is 341 g/mol. The first-order valence-corrected chi connectivity index (χ1v) is 8.33. The Balaban J connectivity index is 0.00000144. The number of hydrogen-bond donors (Lipinski definition) is 1. The van der Waals surface area contributed by atoms with E-state index in [9.17, 15) is 4.79 Å². The van der Waals surface area contributed by atoms with Gasteiger partial charge in [-0.2, -0.15) is 0 Å². The number of carbonyl (C=O) groups excluding carboxylic acids is 1. The van der Waals surface area contributed by atoms with Crippen LogP contribution in [0, 0.1) is 17.8 Å². The second-order valence-corrected chi connectivity index (χ2v) is 7.23. The topological polar surface area (TPSA) is 46.3 Å². The highest BCUT2D eigenvalue weighted by molar-refractivity contribution is 6.31. The van der Waals surface area contributed by atoms with E-state index < -0.39 is 0 Å². The summed E-state index contributed by atoms with van der Waals surface area (Å²) in [4.78, 5) is 14.9. The highest BCUT2D eigenvalue weighted by atomic mass is 35.5. The smallest absolute Gasteiger partial charge is 0.227 e. The van der Waals surface area contributed by atoms with Gasteiger partial charge >= 0.3 is 0 Å². The van der Waals surface area contributed by atoms with Gasteiger partial charge in [-0.1, -0.05) is 23.7 Å². The van der Waals surface area contributed by atoms with E-state index in [1.165, 1.54) is 24.0 Å². The zero-order valence-corrected chi connectivity index (χ0v) is 14.1. The molecule has 4 atom stereocenters. The zero-order chi connectivity index (χ0) is 14.6. The van der Waals surface area contributed by atoms with Crippen LogP contribution in [-0.2, 0) is 17.8 Å². The van der Waals surface area contributed by atoms with Crippen LogP contribution in [0.1, 0.15) is 30.4 Å². The van der Waals surface area contributed by atoms with E-state index in [0.717, 1.165) is 24.4 Å². The van der Waals surface area contributed by atoms with Gasteiger partial charge in [-0.25, -0.2) is 0 Å². The van der Waals surface area contributed by atoms with Gasteiger partial charge in [0, 0.05) is 24.2 Å². The molecule has 22 heavy (non-hydrogen) atoms. The monoisotopic (exact) mass is 340 g/mol. The molecular formula is C17H22Cl2N2O. The van der Waals surface area contributed by atoms with Crippen molar-refractivity contribution in [3.63, 3.8) is 0 Å². The van der Waals surface area contributed by atoms with Crippen LogP contribution < -0.4 is 5.73 Å². The maximum absolute atomic E-state index is 12.9. The molecule has 0 saturated heterocycles. The van der Waals surface area contributed by atoms with Crippen LogP contribution >= 0.6 is 24.0 Å². The summed E-state index contributed by atoms with van der Waals surface area (Å²) in [6.07, 6.45) is 4.42. The van der Waals surface area contributed by atoms with Crippen LogP contribution in [0.25, 0.3) is 0 Å². The molecule has 1 heterocycles. The second kappa shape index (κ2) is 6.03. The first-order chi connectivity index (χ1) is 10.1. The molecule has 2 bridgehead atoms. The molecule has 2 aliphatic carbocycles. The van der Waals surface area contributed by atoms with Crippen molar-refractivity contribution in [3.05, 3.63) is 34.3 Å². The third-order valence-corrected chi connectivity index (χ3v) is 6.14. The molecule has 1 aromatic carbocycles. The van der Waals surface area contributed by atoms with Crippen molar-refractivity contribution < 1.29 is 4.79 Å². The Bertz CT molecular complexity index is 590. The number of halogens is 2. The van der Waals surface area contributed by atoms with Crippen LogP contribution in [0.3, 0.4) is 0 Å². The Kier molecular flexibility index (Phi) is 4.41. The highest BCUT2D eigenvalue weighted by Gasteiger charge is 2.50. The van der Waals surface area contributed by atoms with Crippen LogP contribution in [0.5, 0.6) is 0 Å². The number of amides is 1. The van der Waals surface area contributed by atoms with Crippen molar-refractivity contribution in [1.82, 2.24) is 4.90 Å². The summed E-state index contributed by atoms with van der Waals surface area (Å²) in [6.45, 7) is 1.46. The predicted octanol–water partition coefficient (Wildman–Crippen LogP) is 3.02. The van der Waals surface area contributed by atoms with Gasteiger partial charge in [0.2, 0.25) is 5.91 Å². The molecule has 2 N–H and O–H groups in total. The minimum Gasteiger partial charge on any atom is -0.338 e. The molecule has 1 aliphatic heterocycles. The first kappa shape index (κ1) is 16.1. The molecule has 1 aromatic rings. The van der Waals surface area contributed by atoms with Gasteiger partial charge < -0.3 is 10.6 Å². The van der Waals surface area contributed by atoms with Crippen molar-refractivity contribution in [2.75, 3.05) is 6.54 Å². The number of nitrogens with zero attached hydrogens (tertiary/aromatic N) is 1. The Morgan fingerprint density at radius 2 is 2.05 bits per heavy atom. The Morgan fingerprint density at radius 1 is 1.27 bits per heavy atom. The van der Waals surface area contributed by atoms with Gasteiger partial charge in [0.1, 0.15) is 0 Å². The van der Waals surface area contributed by atoms with Crippen molar-refractivity contribution >= 4 is 29.9 Å². The van der Waals surface area contributed by atoms with Crippen LogP contribution in [0.2, 0.25) is 5.02 Å². The number of benzene rings is 1. The molecule has 0 spiro atoms. The highest BCUT2D eigenvalue weighted by Crippen LogP contribution is 2.48. The van der Waals surface area contributed by atoms with Gasteiger partial charge in [0.15, 0.2) is 0 Å². The molecule has 120 valence electrons. The standard InChI is InChI=1S/C17H21ClN2O.ClH/c18-14-3-1-2-12-9-20(7-6-13(12)14)17(21)15-10-4-5-11(8-10)16(15)19;/h1-3,10-11,15-16H,4-9,19H2;1H.